The largest absolute Gasteiger partial charge is 0.326 e. The molecule has 3 heteroatoms. The van der Waals surface area contributed by atoms with Gasteiger partial charge in [0, 0.05) is 23.1 Å². The lowest BCUT2D eigenvalue weighted by Gasteiger charge is -2.41. The zero-order chi connectivity index (χ0) is 13.4. The molecule has 3 rings (SSSR count). The first-order valence-electron chi connectivity index (χ1n) is 7.40. The maximum absolute atomic E-state index is 6.24. The van der Waals surface area contributed by atoms with E-state index in [1.807, 2.05) is 0 Å². The van der Waals surface area contributed by atoms with Gasteiger partial charge in [-0.25, -0.2) is 0 Å². The summed E-state index contributed by atoms with van der Waals surface area (Å²) in [6.45, 7) is 4.60. The Labute approximate surface area is 124 Å². The van der Waals surface area contributed by atoms with Gasteiger partial charge in [0.15, 0.2) is 0 Å². The van der Waals surface area contributed by atoms with Crippen molar-refractivity contribution in [2.24, 2.45) is 11.7 Å². The Hall–Kier alpha value is -0.380. The molecule has 1 saturated heterocycles. The third-order valence-corrected chi connectivity index (χ3v) is 5.43. The number of fused-ring (bicyclic) bond motifs is 1. The van der Waals surface area contributed by atoms with Gasteiger partial charge in [0.1, 0.15) is 0 Å². The van der Waals surface area contributed by atoms with Crippen LogP contribution in [-0.2, 0) is 12.8 Å². The number of nitrogens with two attached hydrogens (primary N) is 1. The molecule has 2 aliphatic rings. The lowest BCUT2D eigenvalue weighted by molar-refractivity contribution is 0.111. The van der Waals surface area contributed by atoms with Crippen molar-refractivity contribution in [1.82, 2.24) is 4.90 Å². The molecule has 1 heterocycles. The highest BCUT2D eigenvalue weighted by atomic mass is 79.9. The summed E-state index contributed by atoms with van der Waals surface area (Å²) in [5.74, 6) is 0.683. The van der Waals surface area contributed by atoms with E-state index in [0.29, 0.717) is 18.0 Å². The normalized spacial score (nSPS) is 32.1. The highest BCUT2D eigenvalue weighted by molar-refractivity contribution is 9.10. The lowest BCUT2D eigenvalue weighted by Crippen LogP contribution is -2.52. The average Bonchev–Trinajstić information content (AvgIpc) is 2.41. The van der Waals surface area contributed by atoms with Gasteiger partial charge < -0.3 is 5.73 Å². The highest BCUT2D eigenvalue weighted by Gasteiger charge is 2.30. The van der Waals surface area contributed by atoms with E-state index in [-0.39, 0.29) is 0 Å². The molecule has 2 N–H and O–H groups in total. The summed E-state index contributed by atoms with van der Waals surface area (Å²) in [6, 6.07) is 7.81. The molecule has 1 aromatic carbocycles. The van der Waals surface area contributed by atoms with Gasteiger partial charge in [-0.15, -0.1) is 0 Å². The van der Waals surface area contributed by atoms with Crippen molar-refractivity contribution in [2.45, 2.75) is 44.7 Å². The second-order valence-electron chi connectivity index (χ2n) is 6.23. The van der Waals surface area contributed by atoms with Crippen LogP contribution >= 0.6 is 15.9 Å². The van der Waals surface area contributed by atoms with Crippen molar-refractivity contribution < 1.29 is 0 Å². The number of hydrogen-bond acceptors (Lipinski definition) is 2. The van der Waals surface area contributed by atoms with Crippen LogP contribution in [0.3, 0.4) is 0 Å². The molecule has 3 atom stereocenters. The zero-order valence-electron chi connectivity index (χ0n) is 11.6. The molecule has 1 aliphatic heterocycles. The van der Waals surface area contributed by atoms with Gasteiger partial charge >= 0.3 is 0 Å². The number of nitrogens with zero attached hydrogens (tertiary/aromatic N) is 1. The Morgan fingerprint density at radius 2 is 2.11 bits per heavy atom. The van der Waals surface area contributed by atoms with Gasteiger partial charge in [0.05, 0.1) is 0 Å². The molecule has 3 unspecified atom stereocenters. The standard InChI is InChI=1S/C16H23BrN2/c1-11-6-7-19(10-16(11)18)15-5-3-12-8-14(17)4-2-13(12)9-15/h2,4,8,11,15-16H,3,5-7,9-10,18H2,1H3. The van der Waals surface area contributed by atoms with E-state index in [0.717, 1.165) is 6.54 Å². The Bertz CT molecular complexity index is 460. The Balaban J connectivity index is 1.70. The fourth-order valence-electron chi connectivity index (χ4n) is 3.47. The van der Waals surface area contributed by atoms with E-state index in [1.165, 1.54) is 47.8 Å². The number of benzene rings is 1. The number of aryl methyl sites for hydroxylation is 1. The van der Waals surface area contributed by atoms with Gasteiger partial charge in [0.2, 0.25) is 0 Å². The molecular formula is C16H23BrN2. The molecule has 0 saturated carbocycles. The van der Waals surface area contributed by atoms with Crippen LogP contribution in [0.25, 0.3) is 0 Å². The smallest absolute Gasteiger partial charge is 0.0194 e. The number of likely N-dealkylation sites (tertiary alicyclic amines) is 1. The fraction of sp³-hybridized carbons (Fsp3) is 0.625. The van der Waals surface area contributed by atoms with E-state index < -0.39 is 0 Å². The van der Waals surface area contributed by atoms with Crippen LogP contribution in [0, 0.1) is 5.92 Å². The van der Waals surface area contributed by atoms with Crippen LogP contribution in [0.15, 0.2) is 22.7 Å². The summed E-state index contributed by atoms with van der Waals surface area (Å²) in [4.78, 5) is 2.63. The molecule has 0 amide bonds. The van der Waals surface area contributed by atoms with E-state index in [9.17, 15) is 0 Å². The number of halogens is 1. The van der Waals surface area contributed by atoms with E-state index in [2.05, 4.69) is 46.0 Å². The topological polar surface area (TPSA) is 29.3 Å². The van der Waals surface area contributed by atoms with Gasteiger partial charge in [-0.1, -0.05) is 28.9 Å². The summed E-state index contributed by atoms with van der Waals surface area (Å²) in [5.41, 5.74) is 9.30. The summed E-state index contributed by atoms with van der Waals surface area (Å²) in [5, 5.41) is 0. The molecular weight excluding hydrogens is 300 g/mol. The van der Waals surface area contributed by atoms with Crippen molar-refractivity contribution in [2.75, 3.05) is 13.1 Å². The highest BCUT2D eigenvalue weighted by Crippen LogP contribution is 2.29. The molecule has 1 aliphatic carbocycles. The number of hydrogen-bond donors (Lipinski definition) is 1. The fourth-order valence-corrected chi connectivity index (χ4v) is 3.88. The first-order chi connectivity index (χ1) is 9.13. The SMILES string of the molecule is CC1CCN(C2CCc3cc(Br)ccc3C2)CC1N. The van der Waals surface area contributed by atoms with Crippen LogP contribution in [0.5, 0.6) is 0 Å². The molecule has 0 bridgehead atoms. The molecule has 1 fully saturated rings. The van der Waals surface area contributed by atoms with Crippen LogP contribution < -0.4 is 5.73 Å². The van der Waals surface area contributed by atoms with Gasteiger partial charge in [-0.05, 0) is 61.4 Å². The quantitative estimate of drug-likeness (QED) is 0.861. The van der Waals surface area contributed by atoms with Crippen molar-refractivity contribution >= 4 is 15.9 Å². The maximum Gasteiger partial charge on any atom is 0.0194 e. The molecule has 2 nitrogen and oxygen atoms in total. The van der Waals surface area contributed by atoms with E-state index >= 15 is 0 Å². The Morgan fingerprint density at radius 3 is 2.89 bits per heavy atom. The number of rotatable bonds is 1. The predicted octanol–water partition coefficient (Wildman–Crippen LogP) is 2.98. The number of piperidine rings is 1. The first kappa shape index (κ1) is 13.6. The van der Waals surface area contributed by atoms with E-state index in [4.69, 9.17) is 5.73 Å². The maximum atomic E-state index is 6.24. The third-order valence-electron chi connectivity index (χ3n) is 4.94. The van der Waals surface area contributed by atoms with Gasteiger partial charge in [-0.2, -0.15) is 0 Å². The van der Waals surface area contributed by atoms with Crippen molar-refractivity contribution in [3.05, 3.63) is 33.8 Å². The summed E-state index contributed by atoms with van der Waals surface area (Å²) in [6.07, 6.45) is 4.94. The predicted molar refractivity (Wildman–Crippen MR) is 83.3 cm³/mol. The second-order valence-corrected chi connectivity index (χ2v) is 7.15. The Kier molecular flexibility index (Phi) is 3.97. The van der Waals surface area contributed by atoms with Gasteiger partial charge in [0.25, 0.3) is 0 Å². The average molecular weight is 323 g/mol. The molecule has 1 aromatic rings. The molecule has 104 valence electrons. The minimum absolute atomic E-state index is 0.361. The first-order valence-corrected chi connectivity index (χ1v) is 8.19. The van der Waals surface area contributed by atoms with Crippen LogP contribution in [0.4, 0.5) is 0 Å². The summed E-state index contributed by atoms with van der Waals surface area (Å²) >= 11 is 3.57. The van der Waals surface area contributed by atoms with Gasteiger partial charge in [-0.3, -0.25) is 4.90 Å². The van der Waals surface area contributed by atoms with E-state index in [1.54, 1.807) is 0 Å². The monoisotopic (exact) mass is 322 g/mol. The molecule has 19 heavy (non-hydrogen) atoms. The summed E-state index contributed by atoms with van der Waals surface area (Å²) in [7, 11) is 0. The van der Waals surface area contributed by atoms with Crippen molar-refractivity contribution in [3.63, 3.8) is 0 Å². The lowest BCUT2D eigenvalue weighted by atomic mass is 9.85. The minimum Gasteiger partial charge on any atom is -0.326 e. The Morgan fingerprint density at radius 1 is 1.26 bits per heavy atom. The molecule has 0 aromatic heterocycles. The molecule has 0 radical (unpaired) electrons. The second kappa shape index (κ2) is 5.55. The van der Waals surface area contributed by atoms with Crippen LogP contribution in [-0.4, -0.2) is 30.1 Å². The minimum atomic E-state index is 0.361. The van der Waals surface area contributed by atoms with Crippen LogP contribution in [0.2, 0.25) is 0 Å². The van der Waals surface area contributed by atoms with Crippen molar-refractivity contribution in [1.29, 1.82) is 0 Å². The molecule has 0 spiro atoms. The zero-order valence-corrected chi connectivity index (χ0v) is 13.2. The van der Waals surface area contributed by atoms with Crippen LogP contribution in [0.1, 0.15) is 30.9 Å². The summed E-state index contributed by atoms with van der Waals surface area (Å²) < 4.78 is 1.21. The third kappa shape index (κ3) is 2.88. The van der Waals surface area contributed by atoms with Crippen molar-refractivity contribution in [3.8, 4) is 0 Å².